The van der Waals surface area contributed by atoms with Gasteiger partial charge in [-0.25, -0.2) is 4.79 Å². The van der Waals surface area contributed by atoms with Gasteiger partial charge in [-0.2, -0.15) is 75.8 Å². The van der Waals surface area contributed by atoms with E-state index in [1.54, 1.807) is 0 Å². The minimum atomic E-state index is -1.34. The van der Waals surface area contributed by atoms with E-state index < -0.39 is 145 Å². The number of esters is 1. The number of aliphatic hydroxyl groups is 1. The fourth-order valence-corrected chi connectivity index (χ4v) is 5.93. The topological polar surface area (TPSA) is 390 Å². The zero-order valence-corrected chi connectivity index (χ0v) is 40.9. The summed E-state index contributed by atoms with van der Waals surface area (Å²) in [5.74, 6) is -10.1. The van der Waals surface area contributed by atoms with E-state index in [4.69, 9.17) is 16.2 Å². The maximum absolute atomic E-state index is 13.0. The first-order valence-electron chi connectivity index (χ1n) is 19.5. The molecule has 0 saturated carbocycles. The van der Waals surface area contributed by atoms with Gasteiger partial charge in [-0.15, -0.1) is 0 Å². The third-order valence-electron chi connectivity index (χ3n) is 8.41. The number of nitrogens with two attached hydrogens (primary N) is 2. The molecule has 0 fully saturated rings. The fourth-order valence-electron chi connectivity index (χ4n) is 4.49. The van der Waals surface area contributed by atoms with Crippen LogP contribution >= 0.6 is 75.8 Å². The molecule has 10 amide bonds. The zero-order valence-electron chi connectivity index (χ0n) is 35.5. The molecule has 15 N–H and O–H groups in total. The van der Waals surface area contributed by atoms with Gasteiger partial charge in [0.2, 0.25) is 59.1 Å². The number of thiol groups is 6. The number of amides is 10. The molecule has 0 radical (unpaired) electrons. The number of carbonyl (C=O) groups excluding carboxylic acids is 11. The molecule has 0 aliphatic heterocycles. The molecule has 31 heteroatoms. The minimum Gasteiger partial charge on any atom is -0.461 e. The molecule has 0 rings (SSSR count). The maximum atomic E-state index is 13.0. The third-order valence-corrected chi connectivity index (χ3v) is 10.6. The second-order valence-corrected chi connectivity index (χ2v) is 16.0. The standard InChI is InChI=1S/C34H60N12O13S6/c1-14(26(50)44-19(9-61)30(54)38-6-25(49)43-23(13-65)34(58)59-7-17(47)4-35)40-32(56)21(11-63)46-28(52)16(3)41-33(57)22(12-64)45-27(51)15(2)39-31(55)20(10-62)42-24(48)5-37-29(53)18(36)8-60/h14-23,47,60-65H,4-13,35-36H2,1-3H3,(H,37,53)(H,38,54)(H,39,55)(H,40,56)(H,41,57)(H,42,48)(H,43,49)(H,44,50)(H,45,51)(H,46,52)/t14-,15-,16-,17?,18-,19-,20-,21-,22-,23-/m0/s1. The predicted octanol–water partition coefficient (Wildman–Crippen LogP) is -8.07. The maximum Gasteiger partial charge on any atom is 0.329 e. The summed E-state index contributed by atoms with van der Waals surface area (Å²) in [6.07, 6.45) is -1.10. The molecular weight excluding hydrogens is 977 g/mol. The zero-order chi connectivity index (χ0) is 50.0. The van der Waals surface area contributed by atoms with Crippen LogP contribution in [0, 0.1) is 0 Å². The molecule has 0 aliphatic carbocycles. The van der Waals surface area contributed by atoms with Crippen LogP contribution in [0.15, 0.2) is 0 Å². The smallest absolute Gasteiger partial charge is 0.329 e. The van der Waals surface area contributed by atoms with Crippen molar-refractivity contribution in [3.05, 3.63) is 0 Å². The molecule has 0 aromatic rings. The minimum absolute atomic E-state index is 0.0379. The molecule has 65 heavy (non-hydrogen) atoms. The summed E-state index contributed by atoms with van der Waals surface area (Å²) in [6, 6.07) is -11.1. The lowest BCUT2D eigenvalue weighted by molar-refractivity contribution is -0.149. The first-order valence-corrected chi connectivity index (χ1v) is 23.2. The van der Waals surface area contributed by atoms with Gasteiger partial charge in [-0.3, -0.25) is 47.9 Å². The van der Waals surface area contributed by atoms with Crippen molar-refractivity contribution >= 4 is 141 Å². The van der Waals surface area contributed by atoms with Crippen LogP contribution in [-0.2, 0) is 57.5 Å². The Bertz CT molecular complexity index is 1680. The van der Waals surface area contributed by atoms with E-state index in [0.29, 0.717) is 0 Å². The summed E-state index contributed by atoms with van der Waals surface area (Å²) in [5.41, 5.74) is 10.8. The number of hydrogen-bond donors (Lipinski definition) is 19. The van der Waals surface area contributed by atoms with Gasteiger partial charge < -0.3 is 74.5 Å². The molecule has 10 atom stereocenters. The molecule has 0 saturated heterocycles. The lowest BCUT2D eigenvalue weighted by Gasteiger charge is -2.25. The summed E-state index contributed by atoms with van der Waals surface area (Å²) in [4.78, 5) is 139. The monoisotopic (exact) mass is 1040 g/mol. The van der Waals surface area contributed by atoms with Crippen molar-refractivity contribution in [2.75, 3.05) is 60.8 Å². The summed E-state index contributed by atoms with van der Waals surface area (Å²) in [5, 5.41) is 32.9. The number of aliphatic hydroxyl groups excluding tert-OH is 1. The highest BCUT2D eigenvalue weighted by atomic mass is 32.1. The van der Waals surface area contributed by atoms with Crippen molar-refractivity contribution < 1.29 is 62.6 Å². The van der Waals surface area contributed by atoms with Crippen LogP contribution in [0.5, 0.6) is 0 Å². The predicted molar refractivity (Wildman–Crippen MR) is 256 cm³/mol. The van der Waals surface area contributed by atoms with Gasteiger partial charge in [-0.1, -0.05) is 0 Å². The lowest BCUT2D eigenvalue weighted by atomic mass is 10.2. The summed E-state index contributed by atoms with van der Waals surface area (Å²) in [7, 11) is 0. The van der Waals surface area contributed by atoms with Crippen molar-refractivity contribution in [1.82, 2.24) is 53.2 Å². The van der Waals surface area contributed by atoms with Gasteiger partial charge >= 0.3 is 5.97 Å². The van der Waals surface area contributed by atoms with Crippen LogP contribution in [0.2, 0.25) is 0 Å². The van der Waals surface area contributed by atoms with Gasteiger partial charge in [-0.05, 0) is 20.8 Å². The van der Waals surface area contributed by atoms with E-state index in [2.05, 4.69) is 129 Å². The van der Waals surface area contributed by atoms with Gasteiger partial charge in [0, 0.05) is 41.1 Å². The van der Waals surface area contributed by atoms with Crippen LogP contribution in [0.3, 0.4) is 0 Å². The second kappa shape index (κ2) is 32.8. The molecular formula is C34H60N12O13S6. The van der Waals surface area contributed by atoms with Crippen LogP contribution in [0.4, 0.5) is 0 Å². The van der Waals surface area contributed by atoms with Crippen LogP contribution < -0.4 is 64.6 Å². The molecule has 1 unspecified atom stereocenters. The highest BCUT2D eigenvalue weighted by molar-refractivity contribution is 7.81. The molecule has 0 bridgehead atoms. The Balaban J connectivity index is 5.16. The molecule has 0 aromatic carbocycles. The van der Waals surface area contributed by atoms with E-state index >= 15 is 0 Å². The van der Waals surface area contributed by atoms with Crippen LogP contribution in [0.25, 0.3) is 0 Å². The molecule has 0 aliphatic rings. The van der Waals surface area contributed by atoms with Gasteiger partial charge in [0.25, 0.3) is 0 Å². The molecule has 370 valence electrons. The first kappa shape index (κ1) is 61.1. The van der Waals surface area contributed by atoms with Crippen molar-refractivity contribution in [3.63, 3.8) is 0 Å². The van der Waals surface area contributed by atoms with Crippen LogP contribution in [0.1, 0.15) is 20.8 Å². The second-order valence-electron chi connectivity index (χ2n) is 13.8. The Hall–Kier alpha value is -3.85. The Kier molecular flexibility index (Phi) is 30.8. The van der Waals surface area contributed by atoms with Crippen molar-refractivity contribution in [3.8, 4) is 0 Å². The average molecular weight is 1040 g/mol. The number of rotatable bonds is 30. The lowest BCUT2D eigenvalue weighted by Crippen LogP contribution is -2.60. The Labute approximate surface area is 408 Å². The van der Waals surface area contributed by atoms with Gasteiger partial charge in [0.05, 0.1) is 19.1 Å². The van der Waals surface area contributed by atoms with E-state index in [9.17, 15) is 57.8 Å². The van der Waals surface area contributed by atoms with Crippen molar-refractivity contribution in [2.24, 2.45) is 11.5 Å². The van der Waals surface area contributed by atoms with E-state index in [0.717, 1.165) is 0 Å². The largest absolute Gasteiger partial charge is 0.461 e. The summed E-state index contributed by atoms with van der Waals surface area (Å²) < 4.78 is 4.86. The molecule has 0 aromatic heterocycles. The van der Waals surface area contributed by atoms with E-state index in [-0.39, 0.29) is 41.1 Å². The first-order chi connectivity index (χ1) is 30.5. The number of hydrogen-bond acceptors (Lipinski definition) is 21. The quantitative estimate of drug-likeness (QED) is 0.0235. The van der Waals surface area contributed by atoms with Gasteiger partial charge in [0.15, 0.2) is 0 Å². The summed E-state index contributed by atoms with van der Waals surface area (Å²) in [6.45, 7) is 2.17. The van der Waals surface area contributed by atoms with E-state index in [1.807, 2.05) is 0 Å². The highest BCUT2D eigenvalue weighted by Gasteiger charge is 2.31. The Morgan fingerprint density at radius 1 is 0.462 bits per heavy atom. The third kappa shape index (κ3) is 23.4. The van der Waals surface area contributed by atoms with Crippen LogP contribution in [-0.4, -0.2) is 191 Å². The van der Waals surface area contributed by atoms with E-state index in [1.165, 1.54) is 20.8 Å². The van der Waals surface area contributed by atoms with Crippen molar-refractivity contribution in [1.29, 1.82) is 0 Å². The number of carbonyl (C=O) groups is 11. The molecule has 25 nitrogen and oxygen atoms in total. The molecule has 0 heterocycles. The number of nitrogens with one attached hydrogen (secondary N) is 10. The highest BCUT2D eigenvalue weighted by Crippen LogP contribution is 2.00. The Morgan fingerprint density at radius 2 is 0.785 bits per heavy atom. The molecule has 0 spiro atoms. The normalized spacial score (nSPS) is 15.4. The SMILES string of the molecule is C[C@H](NC(=O)[C@H](CS)NC(=O)CNC(=O)[C@@H](N)CS)C(=O)N[C@@H](CS)C(=O)N[C@@H](C)C(=O)N[C@@H](CS)C(=O)N[C@@H](C)C(=O)N[C@@H](CS)C(=O)NCC(=O)N[C@@H](CS)C(=O)OCC(O)CN. The number of ether oxygens (including phenoxy) is 1. The average Bonchev–Trinajstić information content (AvgIpc) is 3.28. The Morgan fingerprint density at radius 3 is 1.12 bits per heavy atom. The fraction of sp³-hybridized carbons (Fsp3) is 0.676. The van der Waals surface area contributed by atoms with Crippen molar-refractivity contribution in [2.45, 2.75) is 81.3 Å². The van der Waals surface area contributed by atoms with Gasteiger partial charge in [0.1, 0.15) is 61.0 Å². The summed E-state index contributed by atoms with van der Waals surface area (Å²) >= 11 is 24.2.